The summed E-state index contributed by atoms with van der Waals surface area (Å²) in [7, 11) is 0. The number of para-hydroxylation sites is 1. The first kappa shape index (κ1) is 14.8. The van der Waals surface area contributed by atoms with Crippen molar-refractivity contribution in [3.05, 3.63) is 45.6 Å². The maximum atomic E-state index is 11.8. The number of H-pyrrole nitrogens is 2. The molecule has 1 heterocycles. The van der Waals surface area contributed by atoms with E-state index < -0.39 is 11.6 Å². The Bertz CT molecular complexity index is 669. The Morgan fingerprint density at radius 3 is 2.62 bits per heavy atom. The minimum Gasteiger partial charge on any atom is -0.491 e. The van der Waals surface area contributed by atoms with Gasteiger partial charge in [0.25, 0.3) is 5.91 Å². The van der Waals surface area contributed by atoms with E-state index in [1.54, 1.807) is 0 Å². The molecule has 0 radical (unpaired) electrons. The van der Waals surface area contributed by atoms with Gasteiger partial charge in [0, 0.05) is 0 Å². The molecule has 1 aromatic heterocycles. The zero-order valence-electron chi connectivity index (χ0n) is 12.2. The number of ether oxygens (including phenoxy) is 1. The van der Waals surface area contributed by atoms with Gasteiger partial charge in [-0.3, -0.25) is 9.78 Å². The van der Waals surface area contributed by atoms with Crippen LogP contribution < -0.4 is 15.7 Å². The highest BCUT2D eigenvalue weighted by Crippen LogP contribution is 2.22. The number of carbonyl (C=O) groups is 1. The molecule has 112 valence electrons. The third-order valence-corrected chi connectivity index (χ3v) is 2.98. The van der Waals surface area contributed by atoms with Gasteiger partial charge >= 0.3 is 5.69 Å². The van der Waals surface area contributed by atoms with Crippen LogP contribution in [0.1, 0.15) is 28.7 Å². The van der Waals surface area contributed by atoms with Crippen molar-refractivity contribution in [1.82, 2.24) is 20.5 Å². The molecule has 0 saturated carbocycles. The van der Waals surface area contributed by atoms with Crippen LogP contribution in [0.15, 0.2) is 23.0 Å². The summed E-state index contributed by atoms with van der Waals surface area (Å²) in [5.41, 5.74) is 1.58. The van der Waals surface area contributed by atoms with Gasteiger partial charge in [-0.15, -0.1) is 5.10 Å². The molecule has 1 amide bonds. The van der Waals surface area contributed by atoms with Crippen LogP contribution in [0.3, 0.4) is 0 Å². The summed E-state index contributed by atoms with van der Waals surface area (Å²) in [6, 6.07) is 5.69. The highest BCUT2D eigenvalue weighted by molar-refractivity contribution is 5.90. The second kappa shape index (κ2) is 6.25. The average Bonchev–Trinajstić information content (AvgIpc) is 2.85. The second-order valence-corrected chi connectivity index (χ2v) is 4.93. The van der Waals surface area contributed by atoms with E-state index in [1.165, 1.54) is 0 Å². The van der Waals surface area contributed by atoms with Gasteiger partial charge in [-0.1, -0.05) is 18.2 Å². The number of hydrogen-bond donors (Lipinski definition) is 3. The molecule has 0 aliphatic heterocycles. The summed E-state index contributed by atoms with van der Waals surface area (Å²) < 4.78 is 5.76. The smallest absolute Gasteiger partial charge is 0.341 e. The molecule has 0 unspecified atom stereocenters. The van der Waals surface area contributed by atoms with Crippen molar-refractivity contribution in [2.45, 2.75) is 26.8 Å². The molecule has 0 fully saturated rings. The Labute approximate surface area is 121 Å². The summed E-state index contributed by atoms with van der Waals surface area (Å²) in [4.78, 5) is 25.0. The number of aryl methyl sites for hydroxylation is 2. The van der Waals surface area contributed by atoms with Crippen LogP contribution in [0.25, 0.3) is 0 Å². The van der Waals surface area contributed by atoms with Crippen LogP contribution in [0, 0.1) is 13.8 Å². The van der Waals surface area contributed by atoms with Gasteiger partial charge in [-0.2, -0.15) is 0 Å². The Hall–Kier alpha value is -2.57. The second-order valence-electron chi connectivity index (χ2n) is 4.93. The van der Waals surface area contributed by atoms with Crippen molar-refractivity contribution in [1.29, 1.82) is 0 Å². The van der Waals surface area contributed by atoms with Gasteiger partial charge in [-0.25, -0.2) is 9.89 Å². The number of aromatic amines is 2. The van der Waals surface area contributed by atoms with Crippen molar-refractivity contribution in [3.63, 3.8) is 0 Å². The van der Waals surface area contributed by atoms with E-state index in [0.29, 0.717) is 6.61 Å². The molecular weight excluding hydrogens is 272 g/mol. The van der Waals surface area contributed by atoms with Crippen molar-refractivity contribution in [2.24, 2.45) is 0 Å². The Balaban J connectivity index is 1.92. The van der Waals surface area contributed by atoms with Crippen molar-refractivity contribution in [2.75, 3.05) is 6.61 Å². The average molecular weight is 290 g/mol. The summed E-state index contributed by atoms with van der Waals surface area (Å²) >= 11 is 0. The number of nitrogens with zero attached hydrogens (tertiary/aromatic N) is 1. The predicted molar refractivity (Wildman–Crippen MR) is 77.5 cm³/mol. The Morgan fingerprint density at radius 1 is 1.38 bits per heavy atom. The summed E-state index contributed by atoms with van der Waals surface area (Å²) in [5.74, 6) is 0.330. The van der Waals surface area contributed by atoms with Crippen LogP contribution in [-0.4, -0.2) is 33.7 Å². The third-order valence-electron chi connectivity index (χ3n) is 2.98. The summed E-state index contributed by atoms with van der Waals surface area (Å²) in [5, 5.41) is 8.41. The first-order chi connectivity index (χ1) is 9.97. The quantitative estimate of drug-likeness (QED) is 0.762. The predicted octanol–water partition coefficient (Wildman–Crippen LogP) is 0.912. The van der Waals surface area contributed by atoms with Gasteiger partial charge in [0.15, 0.2) is 0 Å². The van der Waals surface area contributed by atoms with Crippen LogP contribution in [0.2, 0.25) is 0 Å². The molecule has 0 aliphatic rings. The van der Waals surface area contributed by atoms with Crippen LogP contribution in [0.4, 0.5) is 0 Å². The van der Waals surface area contributed by atoms with E-state index in [0.717, 1.165) is 16.9 Å². The minimum atomic E-state index is -0.514. The zero-order chi connectivity index (χ0) is 15.4. The molecule has 3 N–H and O–H groups in total. The molecule has 1 aromatic carbocycles. The van der Waals surface area contributed by atoms with E-state index in [2.05, 4.69) is 20.5 Å². The van der Waals surface area contributed by atoms with Gasteiger partial charge < -0.3 is 10.1 Å². The number of amides is 1. The first-order valence-electron chi connectivity index (χ1n) is 6.62. The van der Waals surface area contributed by atoms with Gasteiger partial charge in [-0.05, 0) is 31.9 Å². The number of carbonyl (C=O) groups excluding carboxylic acids is 1. The molecule has 21 heavy (non-hydrogen) atoms. The highest BCUT2D eigenvalue weighted by atomic mass is 16.5. The van der Waals surface area contributed by atoms with E-state index >= 15 is 0 Å². The fourth-order valence-corrected chi connectivity index (χ4v) is 1.95. The number of hydrogen-bond acceptors (Lipinski definition) is 4. The van der Waals surface area contributed by atoms with E-state index in [4.69, 9.17) is 4.74 Å². The Morgan fingerprint density at radius 2 is 2.05 bits per heavy atom. The standard InChI is InChI=1S/C14H18N4O3/c1-8-5-4-6-9(2)11(8)21-7-10(3)15-13(19)12-16-14(20)18-17-12/h4-6,10H,7H2,1-3H3,(H,15,19)(H2,16,17,18,20)/t10-/m1/s1. The van der Waals surface area contributed by atoms with Gasteiger partial charge in [0.2, 0.25) is 5.82 Å². The normalized spacial score (nSPS) is 12.0. The van der Waals surface area contributed by atoms with E-state index in [-0.39, 0.29) is 11.9 Å². The van der Waals surface area contributed by atoms with Crippen molar-refractivity contribution in [3.8, 4) is 5.75 Å². The minimum absolute atomic E-state index is 0.0427. The maximum Gasteiger partial charge on any atom is 0.341 e. The fourth-order valence-electron chi connectivity index (χ4n) is 1.95. The highest BCUT2D eigenvalue weighted by Gasteiger charge is 2.14. The number of rotatable bonds is 5. The zero-order valence-corrected chi connectivity index (χ0v) is 12.2. The lowest BCUT2D eigenvalue weighted by Gasteiger charge is -2.16. The van der Waals surface area contributed by atoms with Gasteiger partial charge in [0.1, 0.15) is 12.4 Å². The molecule has 7 heteroatoms. The van der Waals surface area contributed by atoms with E-state index in [1.807, 2.05) is 39.0 Å². The molecule has 0 aliphatic carbocycles. The molecular formula is C14H18N4O3. The summed E-state index contributed by atoms with van der Waals surface area (Å²) in [6.45, 7) is 6.09. The largest absolute Gasteiger partial charge is 0.491 e. The summed E-state index contributed by atoms with van der Waals surface area (Å²) in [6.07, 6.45) is 0. The monoisotopic (exact) mass is 290 g/mol. The lowest BCUT2D eigenvalue weighted by molar-refractivity contribution is 0.0916. The number of aromatic nitrogens is 3. The van der Waals surface area contributed by atoms with Crippen molar-refractivity contribution < 1.29 is 9.53 Å². The first-order valence-corrected chi connectivity index (χ1v) is 6.62. The molecule has 7 nitrogen and oxygen atoms in total. The molecule has 2 rings (SSSR count). The topological polar surface area (TPSA) is 99.9 Å². The van der Waals surface area contributed by atoms with Crippen LogP contribution in [0.5, 0.6) is 5.75 Å². The SMILES string of the molecule is Cc1cccc(C)c1OC[C@@H](C)NC(=O)c1n[nH]c(=O)[nH]1. The maximum absolute atomic E-state index is 11.8. The molecule has 0 bridgehead atoms. The lowest BCUT2D eigenvalue weighted by atomic mass is 10.1. The van der Waals surface area contributed by atoms with Crippen LogP contribution in [-0.2, 0) is 0 Å². The van der Waals surface area contributed by atoms with Gasteiger partial charge in [0.05, 0.1) is 6.04 Å². The Kier molecular flexibility index (Phi) is 4.42. The molecule has 1 atom stereocenters. The van der Waals surface area contributed by atoms with Crippen LogP contribution >= 0.6 is 0 Å². The molecule has 0 spiro atoms. The molecule has 0 saturated heterocycles. The van der Waals surface area contributed by atoms with E-state index in [9.17, 15) is 9.59 Å². The number of nitrogens with one attached hydrogen (secondary N) is 3. The fraction of sp³-hybridized carbons (Fsp3) is 0.357. The lowest BCUT2D eigenvalue weighted by Crippen LogP contribution is -2.37. The third kappa shape index (κ3) is 3.71. The number of benzene rings is 1. The van der Waals surface area contributed by atoms with Crippen molar-refractivity contribution >= 4 is 5.91 Å². The molecule has 2 aromatic rings.